The van der Waals surface area contributed by atoms with Gasteiger partial charge in [-0.3, -0.25) is 19.5 Å². The molecule has 0 saturated heterocycles. The van der Waals surface area contributed by atoms with E-state index in [0.717, 1.165) is 11.3 Å². The molecule has 0 radical (unpaired) electrons. The zero-order valence-electron chi connectivity index (χ0n) is 23.5. The van der Waals surface area contributed by atoms with Crippen LogP contribution in [0.15, 0.2) is 61.9 Å². The number of hydrogen-bond acceptors (Lipinski definition) is 9. The Labute approximate surface area is 248 Å². The minimum atomic E-state index is -0.856. The summed E-state index contributed by atoms with van der Waals surface area (Å²) >= 11 is 4.50. The highest BCUT2D eigenvalue weighted by Crippen LogP contribution is 2.38. The summed E-state index contributed by atoms with van der Waals surface area (Å²) in [6.07, 6.45) is 1.14. The summed E-state index contributed by atoms with van der Waals surface area (Å²) in [5.41, 5.74) is 1.05. The monoisotopic (exact) mass is 643 g/mol. The van der Waals surface area contributed by atoms with Crippen molar-refractivity contribution >= 4 is 45.0 Å². The number of para-hydroxylation sites is 1. The van der Waals surface area contributed by atoms with Crippen LogP contribution in [-0.4, -0.2) is 34.3 Å². The molecule has 1 aliphatic heterocycles. The number of benzene rings is 2. The Morgan fingerprint density at radius 1 is 1.20 bits per heavy atom. The second-order valence-corrected chi connectivity index (χ2v) is 11.6. The summed E-state index contributed by atoms with van der Waals surface area (Å²) in [4.78, 5) is 43.5. The first-order valence-electron chi connectivity index (χ1n) is 13.0. The Morgan fingerprint density at radius 2 is 1.88 bits per heavy atom. The molecule has 0 N–H and O–H groups in total. The smallest absolute Gasteiger partial charge is 0.338 e. The van der Waals surface area contributed by atoms with Gasteiger partial charge in [0.25, 0.3) is 5.56 Å². The minimum Gasteiger partial charge on any atom is -0.491 e. The number of carbonyl (C=O) groups is 1. The average Bonchev–Trinajstić information content (AvgIpc) is 3.18. The van der Waals surface area contributed by atoms with Gasteiger partial charge in [0.2, 0.25) is 5.75 Å². The maximum atomic E-state index is 14.0. The van der Waals surface area contributed by atoms with Gasteiger partial charge in [0.15, 0.2) is 4.80 Å². The van der Waals surface area contributed by atoms with Crippen molar-refractivity contribution in [3.63, 3.8) is 0 Å². The second-order valence-electron chi connectivity index (χ2n) is 9.78. The highest BCUT2D eigenvalue weighted by Gasteiger charge is 2.35. The Balaban J connectivity index is 1.96. The van der Waals surface area contributed by atoms with E-state index < -0.39 is 22.5 Å². The van der Waals surface area contributed by atoms with Gasteiger partial charge < -0.3 is 14.2 Å². The Morgan fingerprint density at radius 3 is 2.51 bits per heavy atom. The summed E-state index contributed by atoms with van der Waals surface area (Å²) < 4.78 is 19.2. The van der Waals surface area contributed by atoms with Crippen molar-refractivity contribution in [1.82, 2.24) is 4.57 Å². The number of halogens is 1. The number of carbonyl (C=O) groups excluding carboxylic acids is 1. The lowest BCUT2D eigenvalue weighted by Crippen LogP contribution is -2.40. The molecule has 0 amide bonds. The van der Waals surface area contributed by atoms with E-state index in [4.69, 9.17) is 14.2 Å². The van der Waals surface area contributed by atoms with E-state index in [1.165, 1.54) is 10.6 Å². The second kappa shape index (κ2) is 12.4. The molecule has 0 bridgehead atoms. The van der Waals surface area contributed by atoms with Gasteiger partial charge in [-0.1, -0.05) is 29.5 Å². The van der Waals surface area contributed by atoms with Gasteiger partial charge in [0, 0.05) is 11.6 Å². The Hall–Kier alpha value is -3.77. The van der Waals surface area contributed by atoms with Gasteiger partial charge >= 0.3 is 11.7 Å². The molecular weight excluding hydrogens is 614 g/mol. The number of aromatic nitrogens is 1. The van der Waals surface area contributed by atoms with Crippen LogP contribution in [0.5, 0.6) is 11.5 Å². The van der Waals surface area contributed by atoms with Crippen LogP contribution in [0.2, 0.25) is 0 Å². The quantitative estimate of drug-likeness (QED) is 0.182. The highest BCUT2D eigenvalue weighted by atomic mass is 79.9. The van der Waals surface area contributed by atoms with Crippen LogP contribution in [0.25, 0.3) is 6.08 Å². The number of hydrogen-bond donors (Lipinski definition) is 0. The molecule has 216 valence electrons. The lowest BCUT2D eigenvalue weighted by Gasteiger charge is -2.26. The molecule has 1 aliphatic rings. The number of nitro benzene ring substituents is 1. The summed E-state index contributed by atoms with van der Waals surface area (Å²) in [6.45, 7) is 10.9. The molecule has 0 aliphatic carbocycles. The topological polar surface area (TPSA) is 122 Å². The summed E-state index contributed by atoms with van der Waals surface area (Å²) in [5.74, 6) is 0.0617. The minimum absolute atomic E-state index is 0.111. The molecule has 1 atom stereocenters. The van der Waals surface area contributed by atoms with E-state index in [2.05, 4.69) is 20.9 Å². The van der Waals surface area contributed by atoms with Crippen molar-refractivity contribution < 1.29 is 23.9 Å². The van der Waals surface area contributed by atoms with Crippen LogP contribution < -0.4 is 24.4 Å². The average molecular weight is 645 g/mol. The van der Waals surface area contributed by atoms with E-state index in [1.54, 1.807) is 45.9 Å². The van der Waals surface area contributed by atoms with Crippen molar-refractivity contribution in [2.75, 3.05) is 6.61 Å². The SMILES string of the molecule is CCOC(=O)C1=C(C)N=c2s/c(=C\c3cc(Br)c(OC(C)C)c([N+](=O)[O-])c3)c(=O)n2[C@@H]1c1ccccc1OC(C)C. The van der Waals surface area contributed by atoms with Gasteiger partial charge in [0.1, 0.15) is 11.8 Å². The number of thiazole rings is 1. The third-order valence-electron chi connectivity index (χ3n) is 5.99. The van der Waals surface area contributed by atoms with Crippen LogP contribution in [0, 0.1) is 10.1 Å². The fraction of sp³-hybridized carbons (Fsp3) is 0.345. The lowest BCUT2D eigenvalue weighted by molar-refractivity contribution is -0.386. The normalized spacial score (nSPS) is 15.1. The number of fused-ring (bicyclic) bond motifs is 1. The zero-order valence-corrected chi connectivity index (χ0v) is 25.9. The maximum Gasteiger partial charge on any atom is 0.338 e. The van der Waals surface area contributed by atoms with Crippen LogP contribution in [0.1, 0.15) is 58.7 Å². The molecule has 10 nitrogen and oxygen atoms in total. The van der Waals surface area contributed by atoms with Gasteiger partial charge in [0.05, 0.1) is 44.0 Å². The standard InChI is InChI=1S/C29H30BrN3O7S/c1-7-38-28(35)24-17(6)31-29-32(25(24)19-10-8-9-11-22(19)39-15(2)3)27(34)23(41-29)14-18-12-20(30)26(40-16(4)5)21(13-18)33(36)37/h8-16,25H,7H2,1-6H3/b23-14-/t25-/m1/s1. The van der Waals surface area contributed by atoms with Crippen LogP contribution in [-0.2, 0) is 9.53 Å². The van der Waals surface area contributed by atoms with Crippen molar-refractivity contribution in [3.05, 3.63) is 93.1 Å². The third kappa shape index (κ3) is 6.28. The van der Waals surface area contributed by atoms with Crippen LogP contribution in [0.3, 0.4) is 0 Å². The molecule has 4 rings (SSSR count). The van der Waals surface area contributed by atoms with Crippen molar-refractivity contribution in [1.29, 1.82) is 0 Å². The summed E-state index contributed by atoms with van der Waals surface area (Å²) in [7, 11) is 0. The third-order valence-corrected chi connectivity index (χ3v) is 7.56. The maximum absolute atomic E-state index is 14.0. The van der Waals surface area contributed by atoms with Crippen LogP contribution in [0.4, 0.5) is 5.69 Å². The zero-order chi connectivity index (χ0) is 30.0. The van der Waals surface area contributed by atoms with Crippen LogP contribution >= 0.6 is 27.3 Å². The van der Waals surface area contributed by atoms with E-state index in [1.807, 2.05) is 32.0 Å². The number of rotatable bonds is 9. The highest BCUT2D eigenvalue weighted by molar-refractivity contribution is 9.10. The van der Waals surface area contributed by atoms with Gasteiger partial charge in [-0.05, 0) is 81.2 Å². The molecule has 12 heteroatoms. The van der Waals surface area contributed by atoms with E-state index in [-0.39, 0.29) is 40.4 Å². The molecule has 1 aromatic heterocycles. The Kier molecular flexibility index (Phi) is 9.13. The first-order valence-corrected chi connectivity index (χ1v) is 14.6. The fourth-order valence-electron chi connectivity index (χ4n) is 4.48. The molecule has 0 spiro atoms. The molecule has 3 aromatic rings. The van der Waals surface area contributed by atoms with Gasteiger partial charge in [-0.25, -0.2) is 9.79 Å². The van der Waals surface area contributed by atoms with Gasteiger partial charge in [-0.2, -0.15) is 0 Å². The Bertz CT molecular complexity index is 1720. The predicted molar refractivity (Wildman–Crippen MR) is 159 cm³/mol. The molecule has 41 heavy (non-hydrogen) atoms. The number of allylic oxidation sites excluding steroid dienone is 1. The molecule has 0 unspecified atom stereocenters. The fourth-order valence-corrected chi connectivity index (χ4v) is 6.08. The first kappa shape index (κ1) is 30.2. The molecular formula is C29H30BrN3O7S. The van der Waals surface area contributed by atoms with E-state index >= 15 is 0 Å². The number of ether oxygens (including phenoxy) is 3. The molecule has 2 aromatic carbocycles. The largest absolute Gasteiger partial charge is 0.491 e. The van der Waals surface area contributed by atoms with E-state index in [9.17, 15) is 19.7 Å². The van der Waals surface area contributed by atoms with Gasteiger partial charge in [-0.15, -0.1) is 0 Å². The summed E-state index contributed by atoms with van der Waals surface area (Å²) in [6, 6.07) is 9.40. The van der Waals surface area contributed by atoms with Crippen molar-refractivity contribution in [3.8, 4) is 11.5 Å². The first-order chi connectivity index (χ1) is 19.4. The lowest BCUT2D eigenvalue weighted by atomic mass is 9.95. The molecule has 0 fully saturated rings. The van der Waals surface area contributed by atoms with E-state index in [0.29, 0.717) is 31.8 Å². The van der Waals surface area contributed by atoms with Crippen molar-refractivity contribution in [2.24, 2.45) is 4.99 Å². The molecule has 2 heterocycles. The molecule has 0 saturated carbocycles. The number of nitro groups is 1. The number of nitrogens with zero attached hydrogens (tertiary/aromatic N) is 3. The van der Waals surface area contributed by atoms with Crippen molar-refractivity contribution in [2.45, 2.75) is 59.8 Å². The summed E-state index contributed by atoms with van der Waals surface area (Å²) in [5, 5.41) is 11.8. The predicted octanol–water partition coefficient (Wildman–Crippen LogP) is 5.04. The number of esters is 1.